The number of aryl methyl sites for hydroxylation is 2. The molecule has 3 rings (SSSR count). The first-order valence-electron chi connectivity index (χ1n) is 6.52. The third-order valence-electron chi connectivity index (χ3n) is 3.66. The fraction of sp³-hybridized carbons (Fsp3) is 0.286. The summed E-state index contributed by atoms with van der Waals surface area (Å²) < 4.78 is 3.72. The van der Waals surface area contributed by atoms with Crippen LogP contribution in [0.25, 0.3) is 11.2 Å². The van der Waals surface area contributed by atoms with Crippen LogP contribution in [0, 0.1) is 6.92 Å². The molecule has 0 radical (unpaired) electrons. The molecule has 21 heavy (non-hydrogen) atoms. The summed E-state index contributed by atoms with van der Waals surface area (Å²) in [5.41, 5.74) is 9.58. The van der Waals surface area contributed by atoms with Gasteiger partial charge in [0, 0.05) is 17.1 Å². The number of halogens is 2. The second kappa shape index (κ2) is 4.93. The molecule has 2 heterocycles. The quantitative estimate of drug-likeness (QED) is 0.784. The van der Waals surface area contributed by atoms with E-state index in [1.54, 1.807) is 10.7 Å². The Kier molecular flexibility index (Phi) is 3.34. The van der Waals surface area contributed by atoms with E-state index in [1.165, 1.54) is 0 Å². The number of nitrogens with zero attached hydrogens (tertiary/aromatic N) is 4. The highest BCUT2D eigenvalue weighted by Crippen LogP contribution is 2.33. The fourth-order valence-corrected chi connectivity index (χ4v) is 3.24. The Labute approximate surface area is 132 Å². The van der Waals surface area contributed by atoms with Crippen LogP contribution in [0.2, 0.25) is 10.0 Å². The van der Waals surface area contributed by atoms with E-state index in [-0.39, 0.29) is 6.04 Å². The second-order valence-electron chi connectivity index (χ2n) is 5.06. The molecule has 1 aromatic carbocycles. The van der Waals surface area contributed by atoms with E-state index in [1.807, 2.05) is 37.6 Å². The normalized spacial score (nSPS) is 13.0. The number of nitrogen functional groups attached to an aromatic ring is 1. The van der Waals surface area contributed by atoms with Gasteiger partial charge in [0.1, 0.15) is 5.52 Å². The molecule has 7 heteroatoms. The second-order valence-corrected chi connectivity index (χ2v) is 5.91. The average molecular weight is 324 g/mol. The maximum Gasteiger partial charge on any atom is 0.203 e. The van der Waals surface area contributed by atoms with Gasteiger partial charge < -0.3 is 5.73 Å². The Bertz CT molecular complexity index is 834. The Morgan fingerprint density at radius 3 is 2.67 bits per heavy atom. The third kappa shape index (κ3) is 2.17. The zero-order valence-corrected chi connectivity index (χ0v) is 13.4. The van der Waals surface area contributed by atoms with Gasteiger partial charge in [-0.1, -0.05) is 29.3 Å². The molecule has 0 spiro atoms. The molecule has 0 aliphatic carbocycles. The molecule has 3 aromatic rings. The van der Waals surface area contributed by atoms with Gasteiger partial charge in [-0.3, -0.25) is 9.25 Å². The van der Waals surface area contributed by atoms with E-state index in [2.05, 4.69) is 10.1 Å². The summed E-state index contributed by atoms with van der Waals surface area (Å²) >= 11 is 12.3. The van der Waals surface area contributed by atoms with Crippen molar-refractivity contribution < 1.29 is 0 Å². The molecule has 0 aliphatic heterocycles. The number of benzene rings is 1. The monoisotopic (exact) mass is 323 g/mol. The molecular formula is C14H15Cl2N5. The molecule has 110 valence electrons. The molecule has 1 atom stereocenters. The topological polar surface area (TPSA) is 61.7 Å². The Hall–Kier alpha value is -1.72. The van der Waals surface area contributed by atoms with Gasteiger partial charge in [-0.2, -0.15) is 5.10 Å². The lowest BCUT2D eigenvalue weighted by Gasteiger charge is -2.18. The molecular weight excluding hydrogens is 309 g/mol. The Morgan fingerprint density at radius 1 is 1.29 bits per heavy atom. The number of imidazole rings is 1. The standard InChI is InChI=1S/C14H15Cl2N5/c1-7-12-13(20(3)19-7)21(14(17)18-12)8(2)10-5-4-9(15)6-11(10)16/h4-6,8H,1-3H3,(H2,17,18). The summed E-state index contributed by atoms with van der Waals surface area (Å²) in [5, 5.41) is 5.60. The maximum absolute atomic E-state index is 6.31. The molecule has 2 N–H and O–H groups in total. The number of nitrogens with two attached hydrogens (primary N) is 1. The molecule has 0 saturated heterocycles. The highest BCUT2D eigenvalue weighted by atomic mass is 35.5. The summed E-state index contributed by atoms with van der Waals surface area (Å²) in [4.78, 5) is 4.42. The highest BCUT2D eigenvalue weighted by molar-refractivity contribution is 6.35. The lowest BCUT2D eigenvalue weighted by atomic mass is 10.1. The van der Waals surface area contributed by atoms with Crippen molar-refractivity contribution >= 4 is 40.3 Å². The van der Waals surface area contributed by atoms with Crippen LogP contribution in [0.4, 0.5) is 5.95 Å². The summed E-state index contributed by atoms with van der Waals surface area (Å²) in [6.07, 6.45) is 0. The minimum absolute atomic E-state index is 0.0745. The van der Waals surface area contributed by atoms with Crippen molar-refractivity contribution in [2.24, 2.45) is 7.05 Å². The van der Waals surface area contributed by atoms with Crippen LogP contribution in [0.15, 0.2) is 18.2 Å². The third-order valence-corrected chi connectivity index (χ3v) is 4.22. The van der Waals surface area contributed by atoms with Crippen LogP contribution in [0.5, 0.6) is 0 Å². The fourth-order valence-electron chi connectivity index (χ4n) is 2.67. The molecule has 1 unspecified atom stereocenters. The summed E-state index contributed by atoms with van der Waals surface area (Å²) in [5.74, 6) is 0.444. The van der Waals surface area contributed by atoms with Crippen LogP contribution >= 0.6 is 23.2 Å². The van der Waals surface area contributed by atoms with Gasteiger partial charge in [0.15, 0.2) is 5.65 Å². The molecule has 0 amide bonds. The van der Waals surface area contributed by atoms with Crippen LogP contribution in [-0.2, 0) is 7.05 Å². The smallest absolute Gasteiger partial charge is 0.203 e. The molecule has 0 fully saturated rings. The zero-order valence-electron chi connectivity index (χ0n) is 11.9. The molecule has 0 saturated carbocycles. The van der Waals surface area contributed by atoms with Crippen molar-refractivity contribution in [3.63, 3.8) is 0 Å². The van der Waals surface area contributed by atoms with Gasteiger partial charge in [0.05, 0.1) is 11.7 Å². The minimum atomic E-state index is -0.0745. The molecule has 0 aliphatic rings. The van der Waals surface area contributed by atoms with E-state index >= 15 is 0 Å². The SMILES string of the molecule is Cc1nn(C)c2c1nc(N)n2C(C)c1ccc(Cl)cc1Cl. The van der Waals surface area contributed by atoms with Crippen molar-refractivity contribution in [1.82, 2.24) is 19.3 Å². The predicted molar refractivity (Wildman–Crippen MR) is 85.9 cm³/mol. The van der Waals surface area contributed by atoms with E-state index in [9.17, 15) is 0 Å². The van der Waals surface area contributed by atoms with Crippen LogP contribution in [-0.4, -0.2) is 19.3 Å². The first-order chi connectivity index (χ1) is 9.90. The highest BCUT2D eigenvalue weighted by Gasteiger charge is 2.21. The van der Waals surface area contributed by atoms with Crippen LogP contribution in [0.3, 0.4) is 0 Å². The van der Waals surface area contributed by atoms with Crippen LogP contribution < -0.4 is 5.73 Å². The van der Waals surface area contributed by atoms with Gasteiger partial charge in [-0.15, -0.1) is 0 Å². The predicted octanol–water partition coefficient (Wildman–Crippen LogP) is 3.58. The van der Waals surface area contributed by atoms with E-state index in [4.69, 9.17) is 28.9 Å². The number of hydrogen-bond donors (Lipinski definition) is 1. The van der Waals surface area contributed by atoms with Gasteiger partial charge in [-0.05, 0) is 31.5 Å². The van der Waals surface area contributed by atoms with E-state index in [0.717, 1.165) is 22.4 Å². The Morgan fingerprint density at radius 2 is 2.00 bits per heavy atom. The number of anilines is 1. The number of aromatic nitrogens is 4. The lowest BCUT2D eigenvalue weighted by Crippen LogP contribution is -2.13. The maximum atomic E-state index is 6.31. The average Bonchev–Trinajstić information content (AvgIpc) is 2.87. The zero-order chi connectivity index (χ0) is 15.3. The summed E-state index contributed by atoms with van der Waals surface area (Å²) in [6, 6.07) is 5.38. The lowest BCUT2D eigenvalue weighted by molar-refractivity contribution is 0.636. The van der Waals surface area contributed by atoms with E-state index < -0.39 is 0 Å². The van der Waals surface area contributed by atoms with Gasteiger partial charge in [-0.25, -0.2) is 4.98 Å². The van der Waals surface area contributed by atoms with Gasteiger partial charge >= 0.3 is 0 Å². The van der Waals surface area contributed by atoms with Crippen molar-refractivity contribution in [1.29, 1.82) is 0 Å². The number of hydrogen-bond acceptors (Lipinski definition) is 3. The summed E-state index contributed by atoms with van der Waals surface area (Å²) in [7, 11) is 1.88. The van der Waals surface area contributed by atoms with Crippen molar-refractivity contribution in [2.75, 3.05) is 5.73 Å². The van der Waals surface area contributed by atoms with Crippen molar-refractivity contribution in [3.05, 3.63) is 39.5 Å². The summed E-state index contributed by atoms with van der Waals surface area (Å²) in [6.45, 7) is 3.94. The largest absolute Gasteiger partial charge is 0.369 e. The van der Waals surface area contributed by atoms with Crippen molar-refractivity contribution in [3.8, 4) is 0 Å². The van der Waals surface area contributed by atoms with Crippen LogP contribution in [0.1, 0.15) is 24.2 Å². The minimum Gasteiger partial charge on any atom is -0.369 e. The first kappa shape index (κ1) is 14.2. The van der Waals surface area contributed by atoms with Crippen molar-refractivity contribution in [2.45, 2.75) is 19.9 Å². The number of fused-ring (bicyclic) bond motifs is 1. The number of rotatable bonds is 2. The van der Waals surface area contributed by atoms with Gasteiger partial charge in [0.25, 0.3) is 0 Å². The van der Waals surface area contributed by atoms with E-state index in [0.29, 0.717) is 16.0 Å². The first-order valence-corrected chi connectivity index (χ1v) is 7.27. The Balaban J connectivity index is 2.22. The molecule has 2 aromatic heterocycles. The molecule has 0 bridgehead atoms. The van der Waals surface area contributed by atoms with Gasteiger partial charge in [0.2, 0.25) is 5.95 Å². The molecule has 5 nitrogen and oxygen atoms in total.